The third kappa shape index (κ3) is 4.76. The molecule has 2 aromatic carbocycles. The largest absolute Gasteiger partial charge is 0.350 e. The fourth-order valence-electron chi connectivity index (χ4n) is 1.97. The van der Waals surface area contributed by atoms with Crippen molar-refractivity contribution >= 4 is 21.6 Å². The van der Waals surface area contributed by atoms with Gasteiger partial charge < -0.3 is 5.32 Å². The highest BCUT2D eigenvalue weighted by Crippen LogP contribution is 2.20. The van der Waals surface area contributed by atoms with Crippen molar-refractivity contribution in [3.05, 3.63) is 59.7 Å². The smallest absolute Gasteiger partial charge is 0.261 e. The second-order valence-corrected chi connectivity index (χ2v) is 7.22. The zero-order valence-electron chi connectivity index (χ0n) is 13.7. The number of anilines is 1. The first kappa shape index (κ1) is 18.9. The third-order valence-electron chi connectivity index (χ3n) is 3.59. The second-order valence-electron chi connectivity index (χ2n) is 5.54. The van der Waals surface area contributed by atoms with Crippen LogP contribution in [0, 0.1) is 11.6 Å². The lowest BCUT2D eigenvalue weighted by Crippen LogP contribution is -2.31. The van der Waals surface area contributed by atoms with Crippen molar-refractivity contribution in [2.45, 2.75) is 31.2 Å². The molecule has 0 aliphatic carbocycles. The Morgan fingerprint density at radius 1 is 1.12 bits per heavy atom. The van der Waals surface area contributed by atoms with E-state index in [0.717, 1.165) is 18.6 Å². The topological polar surface area (TPSA) is 75.3 Å². The summed E-state index contributed by atoms with van der Waals surface area (Å²) in [5.74, 6) is -2.14. The number of benzene rings is 2. The molecular weight excluding hydrogens is 350 g/mol. The monoisotopic (exact) mass is 368 g/mol. The van der Waals surface area contributed by atoms with E-state index in [1.54, 1.807) is 0 Å². The Balaban J connectivity index is 2.18. The first-order chi connectivity index (χ1) is 11.7. The summed E-state index contributed by atoms with van der Waals surface area (Å²) in [5.41, 5.74) is -0.0489. The van der Waals surface area contributed by atoms with Gasteiger partial charge in [0.2, 0.25) is 0 Å². The van der Waals surface area contributed by atoms with Gasteiger partial charge in [0.05, 0.1) is 10.6 Å². The van der Waals surface area contributed by atoms with Gasteiger partial charge in [-0.15, -0.1) is 0 Å². The Bertz CT molecular complexity index is 868. The Labute approximate surface area is 145 Å². The van der Waals surface area contributed by atoms with Crippen LogP contribution in [-0.2, 0) is 10.0 Å². The van der Waals surface area contributed by atoms with Gasteiger partial charge in [0, 0.05) is 17.7 Å². The van der Waals surface area contributed by atoms with Crippen molar-refractivity contribution in [2.75, 3.05) is 4.72 Å². The Morgan fingerprint density at radius 3 is 2.32 bits per heavy atom. The first-order valence-corrected chi connectivity index (χ1v) is 9.10. The van der Waals surface area contributed by atoms with E-state index in [1.807, 2.05) is 13.8 Å². The number of sulfonamides is 1. The predicted molar refractivity (Wildman–Crippen MR) is 90.8 cm³/mol. The Morgan fingerprint density at radius 2 is 1.76 bits per heavy atom. The van der Waals surface area contributed by atoms with Gasteiger partial charge in [0.25, 0.3) is 15.9 Å². The van der Waals surface area contributed by atoms with E-state index in [4.69, 9.17) is 0 Å². The van der Waals surface area contributed by atoms with E-state index in [2.05, 4.69) is 10.0 Å². The molecule has 25 heavy (non-hydrogen) atoms. The lowest BCUT2D eigenvalue weighted by molar-refractivity contribution is 0.0939. The van der Waals surface area contributed by atoms with Gasteiger partial charge in [-0.25, -0.2) is 17.2 Å². The minimum absolute atomic E-state index is 0.000901. The van der Waals surface area contributed by atoms with Crippen molar-refractivity contribution in [2.24, 2.45) is 0 Å². The van der Waals surface area contributed by atoms with Gasteiger partial charge in [0.1, 0.15) is 11.6 Å². The van der Waals surface area contributed by atoms with E-state index in [9.17, 15) is 22.0 Å². The Hall–Kier alpha value is -2.48. The SMILES string of the molecule is CCC(C)NC(=O)c1ccc(S(=O)(=O)Nc2ccc(F)cc2F)cc1. The lowest BCUT2D eigenvalue weighted by atomic mass is 10.2. The van der Waals surface area contributed by atoms with Gasteiger partial charge in [-0.3, -0.25) is 9.52 Å². The molecule has 2 N–H and O–H groups in total. The first-order valence-electron chi connectivity index (χ1n) is 7.61. The van der Waals surface area contributed by atoms with Crippen LogP contribution >= 0.6 is 0 Å². The number of halogens is 2. The third-order valence-corrected chi connectivity index (χ3v) is 4.97. The van der Waals surface area contributed by atoms with Gasteiger partial charge >= 0.3 is 0 Å². The molecule has 2 aromatic rings. The molecule has 8 heteroatoms. The number of carbonyl (C=O) groups is 1. The van der Waals surface area contributed by atoms with Gasteiger partial charge in [-0.05, 0) is 49.7 Å². The Kier molecular flexibility index (Phi) is 5.73. The molecule has 5 nitrogen and oxygen atoms in total. The summed E-state index contributed by atoms with van der Waals surface area (Å²) in [5, 5.41) is 2.77. The standard InChI is InChI=1S/C17H18F2N2O3S/c1-3-11(2)20-17(22)12-4-7-14(8-5-12)25(23,24)21-16-9-6-13(18)10-15(16)19/h4-11,21H,3H2,1-2H3,(H,20,22). The summed E-state index contributed by atoms with van der Waals surface area (Å²) < 4.78 is 53.1. The number of hydrogen-bond donors (Lipinski definition) is 2. The molecule has 0 saturated carbocycles. The van der Waals surface area contributed by atoms with E-state index < -0.39 is 21.7 Å². The minimum Gasteiger partial charge on any atom is -0.350 e. The van der Waals surface area contributed by atoms with E-state index in [1.165, 1.54) is 24.3 Å². The maximum atomic E-state index is 13.6. The molecule has 0 bridgehead atoms. The summed E-state index contributed by atoms with van der Waals surface area (Å²) in [7, 11) is -4.06. The summed E-state index contributed by atoms with van der Waals surface area (Å²) in [4.78, 5) is 11.8. The van der Waals surface area contributed by atoms with E-state index in [0.29, 0.717) is 11.6 Å². The molecule has 0 aliphatic rings. The van der Waals surface area contributed by atoms with Crippen molar-refractivity contribution in [1.82, 2.24) is 5.32 Å². The summed E-state index contributed by atoms with van der Waals surface area (Å²) in [6, 6.07) is 7.75. The van der Waals surface area contributed by atoms with Gasteiger partial charge in [-0.2, -0.15) is 0 Å². The fraction of sp³-hybridized carbons (Fsp3) is 0.235. The zero-order chi connectivity index (χ0) is 18.6. The zero-order valence-corrected chi connectivity index (χ0v) is 14.5. The predicted octanol–water partition coefficient (Wildman–Crippen LogP) is 3.29. The number of hydrogen-bond acceptors (Lipinski definition) is 3. The summed E-state index contributed by atoms with van der Waals surface area (Å²) in [6.07, 6.45) is 0.769. The molecule has 0 aliphatic heterocycles. The molecule has 2 rings (SSSR count). The molecule has 0 aromatic heterocycles. The highest BCUT2D eigenvalue weighted by molar-refractivity contribution is 7.92. The number of amides is 1. The van der Waals surface area contributed by atoms with Crippen molar-refractivity contribution in [3.63, 3.8) is 0 Å². The average molecular weight is 368 g/mol. The maximum Gasteiger partial charge on any atom is 0.261 e. The minimum atomic E-state index is -4.06. The highest BCUT2D eigenvalue weighted by Gasteiger charge is 2.17. The molecule has 1 amide bonds. The molecular formula is C17H18F2N2O3S. The average Bonchev–Trinajstić information content (AvgIpc) is 2.57. The molecule has 1 unspecified atom stereocenters. The second kappa shape index (κ2) is 7.60. The molecule has 0 fully saturated rings. The lowest BCUT2D eigenvalue weighted by Gasteiger charge is -2.12. The molecule has 134 valence electrons. The quantitative estimate of drug-likeness (QED) is 0.822. The normalized spacial score (nSPS) is 12.5. The molecule has 1 atom stereocenters. The molecule has 0 heterocycles. The van der Waals surface area contributed by atoms with Crippen LogP contribution in [0.3, 0.4) is 0 Å². The molecule has 0 spiro atoms. The van der Waals surface area contributed by atoms with Crippen LogP contribution in [0.4, 0.5) is 14.5 Å². The maximum absolute atomic E-state index is 13.6. The van der Waals surface area contributed by atoms with Crippen LogP contribution in [-0.4, -0.2) is 20.4 Å². The van der Waals surface area contributed by atoms with Crippen molar-refractivity contribution < 1.29 is 22.0 Å². The van der Waals surface area contributed by atoms with Crippen molar-refractivity contribution in [3.8, 4) is 0 Å². The van der Waals surface area contributed by atoms with Crippen LogP contribution in [0.25, 0.3) is 0 Å². The van der Waals surface area contributed by atoms with E-state index >= 15 is 0 Å². The van der Waals surface area contributed by atoms with Crippen LogP contribution in [0.1, 0.15) is 30.6 Å². The molecule has 0 radical (unpaired) electrons. The summed E-state index contributed by atoms with van der Waals surface area (Å²) >= 11 is 0. The highest BCUT2D eigenvalue weighted by atomic mass is 32.2. The number of nitrogens with one attached hydrogen (secondary N) is 2. The van der Waals surface area contributed by atoms with Gasteiger partial charge in [-0.1, -0.05) is 6.92 Å². The fourth-order valence-corrected chi connectivity index (χ4v) is 3.04. The van der Waals surface area contributed by atoms with Crippen LogP contribution < -0.4 is 10.0 Å². The van der Waals surface area contributed by atoms with Crippen LogP contribution in [0.2, 0.25) is 0 Å². The van der Waals surface area contributed by atoms with Crippen LogP contribution in [0.5, 0.6) is 0 Å². The van der Waals surface area contributed by atoms with E-state index in [-0.39, 0.29) is 22.5 Å². The van der Waals surface area contributed by atoms with Gasteiger partial charge in [0.15, 0.2) is 0 Å². The van der Waals surface area contributed by atoms with Crippen LogP contribution in [0.15, 0.2) is 47.4 Å². The summed E-state index contributed by atoms with van der Waals surface area (Å²) in [6.45, 7) is 3.79. The number of carbonyl (C=O) groups excluding carboxylic acids is 1. The number of rotatable bonds is 6. The molecule has 0 saturated heterocycles. The van der Waals surface area contributed by atoms with Crippen molar-refractivity contribution in [1.29, 1.82) is 0 Å².